The van der Waals surface area contributed by atoms with Crippen LogP contribution in [0.25, 0.3) is 11.1 Å². The van der Waals surface area contributed by atoms with Crippen molar-refractivity contribution in [2.45, 2.75) is 37.5 Å². The maximum Gasteiger partial charge on any atom is 0.243 e. The molecule has 0 atom stereocenters. The molecule has 1 saturated heterocycles. The van der Waals surface area contributed by atoms with Gasteiger partial charge in [0.15, 0.2) is 0 Å². The van der Waals surface area contributed by atoms with E-state index < -0.39 is 10.0 Å². The molecule has 0 N–H and O–H groups in total. The van der Waals surface area contributed by atoms with Gasteiger partial charge >= 0.3 is 0 Å². The van der Waals surface area contributed by atoms with Crippen LogP contribution >= 0.6 is 0 Å². The van der Waals surface area contributed by atoms with E-state index >= 15 is 0 Å². The number of rotatable bonds is 4. The first-order valence-electron chi connectivity index (χ1n) is 8.19. The van der Waals surface area contributed by atoms with E-state index in [4.69, 9.17) is 0 Å². The first-order valence-corrected chi connectivity index (χ1v) is 9.63. The summed E-state index contributed by atoms with van der Waals surface area (Å²) in [5, 5.41) is 0. The second kappa shape index (κ2) is 6.46. The van der Waals surface area contributed by atoms with Crippen LogP contribution in [0.3, 0.4) is 0 Å². The molecule has 0 amide bonds. The van der Waals surface area contributed by atoms with Crippen molar-refractivity contribution in [3.05, 3.63) is 54.1 Å². The van der Waals surface area contributed by atoms with E-state index in [1.54, 1.807) is 16.4 Å². The van der Waals surface area contributed by atoms with Crippen molar-refractivity contribution >= 4 is 10.0 Å². The van der Waals surface area contributed by atoms with Crippen LogP contribution in [0, 0.1) is 0 Å². The SMILES string of the molecule is CC(C)c1ccccc1-c1ccc(S(=O)(=O)N2CCCC2)cc1. The highest BCUT2D eigenvalue weighted by Gasteiger charge is 2.26. The maximum absolute atomic E-state index is 12.6. The summed E-state index contributed by atoms with van der Waals surface area (Å²) in [5.41, 5.74) is 3.52. The molecule has 0 bridgehead atoms. The topological polar surface area (TPSA) is 37.4 Å². The first-order chi connectivity index (χ1) is 11.0. The van der Waals surface area contributed by atoms with Crippen LogP contribution in [0.5, 0.6) is 0 Å². The average molecular weight is 329 g/mol. The number of hydrogen-bond donors (Lipinski definition) is 0. The van der Waals surface area contributed by atoms with Gasteiger partial charge in [0.2, 0.25) is 10.0 Å². The van der Waals surface area contributed by atoms with Crippen LogP contribution in [0.1, 0.15) is 38.2 Å². The molecule has 0 spiro atoms. The summed E-state index contributed by atoms with van der Waals surface area (Å²) in [6.45, 7) is 5.62. The molecule has 0 aliphatic carbocycles. The number of benzene rings is 2. The third-order valence-corrected chi connectivity index (χ3v) is 6.36. The summed E-state index contributed by atoms with van der Waals surface area (Å²) in [7, 11) is -3.33. The minimum Gasteiger partial charge on any atom is -0.207 e. The third kappa shape index (κ3) is 3.19. The van der Waals surface area contributed by atoms with Gasteiger partial charge < -0.3 is 0 Å². The van der Waals surface area contributed by atoms with Crippen molar-refractivity contribution in [2.75, 3.05) is 13.1 Å². The zero-order valence-corrected chi connectivity index (χ0v) is 14.5. The highest BCUT2D eigenvalue weighted by molar-refractivity contribution is 7.89. The zero-order valence-electron chi connectivity index (χ0n) is 13.7. The van der Waals surface area contributed by atoms with Gasteiger partial charge in [0, 0.05) is 13.1 Å². The molecule has 3 nitrogen and oxygen atoms in total. The fraction of sp³-hybridized carbons (Fsp3) is 0.368. The first kappa shape index (κ1) is 16.2. The van der Waals surface area contributed by atoms with Crippen LogP contribution in [0.4, 0.5) is 0 Å². The van der Waals surface area contributed by atoms with Crippen molar-refractivity contribution in [1.29, 1.82) is 0 Å². The molecule has 1 aliphatic rings. The summed E-state index contributed by atoms with van der Waals surface area (Å²) >= 11 is 0. The lowest BCUT2D eigenvalue weighted by Gasteiger charge is -2.16. The van der Waals surface area contributed by atoms with Crippen molar-refractivity contribution < 1.29 is 8.42 Å². The van der Waals surface area contributed by atoms with E-state index in [2.05, 4.69) is 26.0 Å². The number of hydrogen-bond acceptors (Lipinski definition) is 2. The van der Waals surface area contributed by atoms with E-state index in [0.717, 1.165) is 18.4 Å². The van der Waals surface area contributed by atoms with Crippen molar-refractivity contribution in [2.24, 2.45) is 0 Å². The lowest BCUT2D eigenvalue weighted by molar-refractivity contribution is 0.477. The molecule has 23 heavy (non-hydrogen) atoms. The quantitative estimate of drug-likeness (QED) is 0.840. The number of sulfonamides is 1. The smallest absolute Gasteiger partial charge is 0.207 e. The minimum absolute atomic E-state index is 0.394. The maximum atomic E-state index is 12.6. The summed E-state index contributed by atoms with van der Waals surface area (Å²) in [5.74, 6) is 0.430. The Morgan fingerprint density at radius 3 is 2.13 bits per heavy atom. The molecule has 2 aromatic carbocycles. The van der Waals surface area contributed by atoms with Crippen LogP contribution in [-0.4, -0.2) is 25.8 Å². The van der Waals surface area contributed by atoms with Gasteiger partial charge in [-0.25, -0.2) is 8.42 Å². The lowest BCUT2D eigenvalue weighted by atomic mass is 9.93. The van der Waals surface area contributed by atoms with Crippen LogP contribution in [0.15, 0.2) is 53.4 Å². The Morgan fingerprint density at radius 1 is 0.913 bits per heavy atom. The third-order valence-electron chi connectivity index (χ3n) is 4.45. The van der Waals surface area contributed by atoms with E-state index in [0.29, 0.717) is 23.9 Å². The number of nitrogens with zero attached hydrogens (tertiary/aromatic N) is 1. The predicted octanol–water partition coefficient (Wildman–Crippen LogP) is 4.26. The highest BCUT2D eigenvalue weighted by Crippen LogP contribution is 2.30. The molecule has 0 aromatic heterocycles. The average Bonchev–Trinajstić information content (AvgIpc) is 3.10. The van der Waals surface area contributed by atoms with Crippen LogP contribution in [0.2, 0.25) is 0 Å². The molecular weight excluding hydrogens is 306 g/mol. The van der Waals surface area contributed by atoms with Gasteiger partial charge in [0.1, 0.15) is 0 Å². The van der Waals surface area contributed by atoms with Gasteiger partial charge in [-0.3, -0.25) is 0 Å². The predicted molar refractivity (Wildman–Crippen MR) is 94.0 cm³/mol. The van der Waals surface area contributed by atoms with E-state index in [9.17, 15) is 8.42 Å². The molecule has 122 valence electrons. The van der Waals surface area contributed by atoms with Crippen LogP contribution < -0.4 is 0 Å². The highest BCUT2D eigenvalue weighted by atomic mass is 32.2. The van der Waals surface area contributed by atoms with Gasteiger partial charge in [-0.2, -0.15) is 4.31 Å². The molecule has 3 rings (SSSR count). The van der Waals surface area contributed by atoms with E-state index in [1.165, 1.54) is 11.1 Å². The Labute approximate surface area is 139 Å². The standard InChI is InChI=1S/C19H23NO2S/c1-15(2)18-7-3-4-8-19(18)16-9-11-17(12-10-16)23(21,22)20-13-5-6-14-20/h3-4,7-12,15H,5-6,13-14H2,1-2H3. The Morgan fingerprint density at radius 2 is 1.52 bits per heavy atom. The monoisotopic (exact) mass is 329 g/mol. The summed E-state index contributed by atoms with van der Waals surface area (Å²) in [6, 6.07) is 15.6. The Hall–Kier alpha value is -1.65. The molecule has 4 heteroatoms. The molecule has 1 aliphatic heterocycles. The molecule has 0 radical (unpaired) electrons. The van der Waals surface area contributed by atoms with E-state index in [1.807, 2.05) is 24.3 Å². The largest absolute Gasteiger partial charge is 0.243 e. The molecule has 0 saturated carbocycles. The Kier molecular flexibility index (Phi) is 4.55. The second-order valence-corrected chi connectivity index (χ2v) is 8.32. The van der Waals surface area contributed by atoms with Gasteiger partial charge in [-0.15, -0.1) is 0 Å². The van der Waals surface area contributed by atoms with Crippen LogP contribution in [-0.2, 0) is 10.0 Å². The second-order valence-electron chi connectivity index (χ2n) is 6.38. The van der Waals surface area contributed by atoms with Crippen molar-refractivity contribution in [3.63, 3.8) is 0 Å². The zero-order chi connectivity index (χ0) is 16.4. The van der Waals surface area contributed by atoms with Crippen molar-refractivity contribution in [1.82, 2.24) is 4.31 Å². The van der Waals surface area contributed by atoms with E-state index in [-0.39, 0.29) is 0 Å². The summed E-state index contributed by atoms with van der Waals surface area (Å²) in [6.07, 6.45) is 1.91. The lowest BCUT2D eigenvalue weighted by Crippen LogP contribution is -2.27. The molecular formula is C19H23NO2S. The summed E-state index contributed by atoms with van der Waals surface area (Å²) in [4.78, 5) is 0.394. The van der Waals surface area contributed by atoms with Crippen molar-refractivity contribution in [3.8, 4) is 11.1 Å². The molecule has 1 heterocycles. The fourth-order valence-electron chi connectivity index (χ4n) is 3.15. The molecule has 0 unspecified atom stereocenters. The Bertz CT molecular complexity index is 773. The van der Waals surface area contributed by atoms with Gasteiger partial charge in [-0.05, 0) is 47.6 Å². The van der Waals surface area contributed by atoms with Gasteiger partial charge in [0.05, 0.1) is 4.90 Å². The van der Waals surface area contributed by atoms with Gasteiger partial charge in [0.25, 0.3) is 0 Å². The molecule has 1 fully saturated rings. The van der Waals surface area contributed by atoms with Gasteiger partial charge in [-0.1, -0.05) is 50.2 Å². The summed E-state index contributed by atoms with van der Waals surface area (Å²) < 4.78 is 26.8. The minimum atomic E-state index is -3.33. The Balaban J connectivity index is 1.94. The normalized spacial score (nSPS) is 16.1. The molecule has 2 aromatic rings. The fourth-order valence-corrected chi connectivity index (χ4v) is 4.66.